The molecule has 1 aromatic heterocycles. The number of primary amides is 1. The number of carbonyl (C=O) groups excluding carboxylic acids is 3. The van der Waals surface area contributed by atoms with Gasteiger partial charge in [-0.25, -0.2) is 9.48 Å². The van der Waals surface area contributed by atoms with Crippen molar-refractivity contribution in [3.05, 3.63) is 17.8 Å². The standard InChI is InChI=1S/C27H41N5O5/c1-16(2)14-36-24-21(13-29-32(24)7-6-26(4,5)31-17(3)33)23(34)30-22-19-8-18-9-20(22)12-27(10-18,11-19)15-37-25(28)35/h6-7,13,16,18-20,22H,8-12,14-15H2,1-5H3,(H2,28,35)(H,30,34)(H,31,33)/b7-6+. The number of hydrogen-bond donors (Lipinski definition) is 3. The monoisotopic (exact) mass is 515 g/mol. The molecule has 37 heavy (non-hydrogen) atoms. The number of nitrogens with one attached hydrogen (secondary N) is 2. The second kappa shape index (κ2) is 10.4. The first kappa shape index (κ1) is 27.0. The molecule has 5 rings (SSSR count). The normalized spacial score (nSPS) is 28.5. The molecule has 1 aromatic rings. The maximum Gasteiger partial charge on any atom is 0.404 e. The zero-order valence-electron chi connectivity index (χ0n) is 22.6. The first-order chi connectivity index (χ1) is 17.4. The van der Waals surface area contributed by atoms with Gasteiger partial charge in [0, 0.05) is 24.6 Å². The van der Waals surface area contributed by atoms with Crippen LogP contribution in [0.15, 0.2) is 12.3 Å². The van der Waals surface area contributed by atoms with E-state index in [1.807, 2.05) is 33.8 Å². The van der Waals surface area contributed by atoms with Crippen LogP contribution in [0.1, 0.15) is 77.1 Å². The van der Waals surface area contributed by atoms with Crippen LogP contribution >= 0.6 is 0 Å². The molecule has 0 spiro atoms. The molecule has 0 radical (unpaired) electrons. The molecule has 204 valence electrons. The van der Waals surface area contributed by atoms with Crippen LogP contribution in [0.3, 0.4) is 0 Å². The molecule has 4 fully saturated rings. The van der Waals surface area contributed by atoms with Crippen LogP contribution < -0.4 is 21.1 Å². The largest absolute Gasteiger partial charge is 0.477 e. The van der Waals surface area contributed by atoms with Crippen LogP contribution in [-0.2, 0) is 9.53 Å². The van der Waals surface area contributed by atoms with Gasteiger partial charge in [-0.2, -0.15) is 5.10 Å². The van der Waals surface area contributed by atoms with Crippen LogP contribution in [0.5, 0.6) is 5.88 Å². The Morgan fingerprint density at radius 2 is 1.92 bits per heavy atom. The van der Waals surface area contributed by atoms with Gasteiger partial charge in [0.2, 0.25) is 11.8 Å². The number of carbonyl (C=O) groups is 3. The van der Waals surface area contributed by atoms with Crippen molar-refractivity contribution in [1.29, 1.82) is 0 Å². The van der Waals surface area contributed by atoms with Gasteiger partial charge in [0.05, 0.1) is 24.9 Å². The number of nitrogens with zero attached hydrogens (tertiary/aromatic N) is 2. The average Bonchev–Trinajstić information content (AvgIpc) is 3.19. The number of amides is 3. The number of aromatic nitrogens is 2. The lowest BCUT2D eigenvalue weighted by Gasteiger charge is -2.59. The minimum Gasteiger partial charge on any atom is -0.477 e. The second-order valence-electron chi connectivity index (χ2n) is 12.3. The van der Waals surface area contributed by atoms with E-state index in [4.69, 9.17) is 15.2 Å². The molecule has 1 heterocycles. The Bertz CT molecular complexity index is 1050. The lowest BCUT2D eigenvalue weighted by atomic mass is 9.48. The molecule has 4 aliphatic rings. The number of nitrogens with two attached hydrogens (primary N) is 1. The van der Waals surface area contributed by atoms with Crippen molar-refractivity contribution < 1.29 is 23.9 Å². The van der Waals surface area contributed by atoms with Gasteiger partial charge in [0.1, 0.15) is 5.56 Å². The Kier molecular flexibility index (Phi) is 7.57. The minimum absolute atomic E-state index is 0.0192. The quantitative estimate of drug-likeness (QED) is 0.437. The number of rotatable bonds is 10. The summed E-state index contributed by atoms with van der Waals surface area (Å²) in [7, 11) is 0. The number of ether oxygens (including phenoxy) is 2. The topological polar surface area (TPSA) is 138 Å². The molecule has 0 aliphatic heterocycles. The summed E-state index contributed by atoms with van der Waals surface area (Å²) >= 11 is 0. The number of hydrogen-bond acceptors (Lipinski definition) is 6. The molecule has 4 saturated carbocycles. The zero-order valence-corrected chi connectivity index (χ0v) is 22.6. The van der Waals surface area contributed by atoms with E-state index in [2.05, 4.69) is 15.7 Å². The summed E-state index contributed by atoms with van der Waals surface area (Å²) in [5.41, 5.74) is 5.02. The maximum atomic E-state index is 13.5. The van der Waals surface area contributed by atoms with E-state index in [-0.39, 0.29) is 29.2 Å². The fourth-order valence-corrected chi connectivity index (χ4v) is 6.81. The molecule has 10 nitrogen and oxygen atoms in total. The van der Waals surface area contributed by atoms with Gasteiger partial charge in [-0.3, -0.25) is 9.59 Å². The Hall–Kier alpha value is -3.04. The molecule has 10 heteroatoms. The van der Waals surface area contributed by atoms with Gasteiger partial charge in [-0.15, -0.1) is 0 Å². The first-order valence-corrected chi connectivity index (χ1v) is 13.3. The third kappa shape index (κ3) is 6.27. The van der Waals surface area contributed by atoms with Gasteiger partial charge in [0.25, 0.3) is 5.91 Å². The van der Waals surface area contributed by atoms with E-state index < -0.39 is 11.6 Å². The van der Waals surface area contributed by atoms with Crippen LogP contribution in [0.4, 0.5) is 4.79 Å². The summed E-state index contributed by atoms with van der Waals surface area (Å²) in [4.78, 5) is 36.3. The minimum atomic E-state index is -0.721. The molecule has 4 N–H and O–H groups in total. The molecule has 0 aromatic carbocycles. The van der Waals surface area contributed by atoms with Gasteiger partial charge < -0.3 is 25.8 Å². The lowest BCUT2D eigenvalue weighted by Crippen LogP contribution is -2.60. The summed E-state index contributed by atoms with van der Waals surface area (Å²) in [6, 6.07) is 0.0706. The molecule has 4 bridgehead atoms. The van der Waals surface area contributed by atoms with E-state index in [0.717, 1.165) is 32.1 Å². The summed E-state index contributed by atoms with van der Waals surface area (Å²) in [5, 5.41) is 10.6. The fourth-order valence-electron chi connectivity index (χ4n) is 6.81. The highest BCUT2D eigenvalue weighted by Gasteiger charge is 2.56. The Morgan fingerprint density at radius 3 is 2.51 bits per heavy atom. The highest BCUT2D eigenvalue weighted by Crippen LogP contribution is 2.60. The summed E-state index contributed by atoms with van der Waals surface area (Å²) < 4.78 is 12.8. The van der Waals surface area contributed by atoms with E-state index >= 15 is 0 Å². The van der Waals surface area contributed by atoms with Crippen molar-refractivity contribution in [3.8, 4) is 5.88 Å². The molecule has 0 saturated heterocycles. The Morgan fingerprint density at radius 1 is 1.24 bits per heavy atom. The Labute approximate surface area is 218 Å². The molecule has 2 atom stereocenters. The summed E-state index contributed by atoms with van der Waals surface area (Å²) in [6.07, 6.45) is 9.43. The van der Waals surface area contributed by atoms with Crippen molar-refractivity contribution in [1.82, 2.24) is 20.4 Å². The molecular formula is C27H41N5O5. The van der Waals surface area contributed by atoms with E-state index in [1.54, 1.807) is 17.1 Å². The van der Waals surface area contributed by atoms with Gasteiger partial charge in [0.15, 0.2) is 0 Å². The molecular weight excluding hydrogens is 474 g/mol. The highest BCUT2D eigenvalue weighted by molar-refractivity contribution is 5.96. The van der Waals surface area contributed by atoms with E-state index in [1.165, 1.54) is 6.92 Å². The summed E-state index contributed by atoms with van der Waals surface area (Å²) in [6.45, 7) is 10.1. The predicted octanol–water partition coefficient (Wildman–Crippen LogP) is 3.32. The van der Waals surface area contributed by atoms with Crippen molar-refractivity contribution in [2.24, 2.45) is 34.8 Å². The first-order valence-electron chi connectivity index (χ1n) is 13.3. The SMILES string of the molecule is CC(=O)NC(C)(C)/C=C/n1ncc(C(=O)NC2C3CC4CC2CC(COC(N)=O)(C4)C3)c1OCC(C)C. The van der Waals surface area contributed by atoms with E-state index in [0.29, 0.717) is 42.4 Å². The van der Waals surface area contributed by atoms with Crippen molar-refractivity contribution in [2.75, 3.05) is 13.2 Å². The van der Waals surface area contributed by atoms with Gasteiger partial charge in [-0.05, 0) is 75.7 Å². The smallest absolute Gasteiger partial charge is 0.404 e. The fraction of sp³-hybridized carbons (Fsp3) is 0.704. The molecule has 4 aliphatic carbocycles. The zero-order chi connectivity index (χ0) is 27.0. The highest BCUT2D eigenvalue weighted by atomic mass is 16.5. The predicted molar refractivity (Wildman–Crippen MR) is 139 cm³/mol. The third-order valence-corrected chi connectivity index (χ3v) is 7.90. The summed E-state index contributed by atoms with van der Waals surface area (Å²) in [5.74, 6) is 1.62. The van der Waals surface area contributed by atoms with Crippen molar-refractivity contribution in [3.63, 3.8) is 0 Å². The molecule has 3 amide bonds. The molecule has 2 unspecified atom stereocenters. The van der Waals surface area contributed by atoms with Crippen molar-refractivity contribution in [2.45, 2.75) is 78.3 Å². The van der Waals surface area contributed by atoms with Crippen molar-refractivity contribution >= 4 is 24.1 Å². The lowest BCUT2D eigenvalue weighted by molar-refractivity contribution is -0.120. The third-order valence-electron chi connectivity index (χ3n) is 7.90. The van der Waals surface area contributed by atoms with Crippen LogP contribution in [0, 0.1) is 29.1 Å². The maximum absolute atomic E-state index is 13.5. The van der Waals surface area contributed by atoms with Crippen LogP contribution in [0.2, 0.25) is 0 Å². The Balaban J connectivity index is 1.50. The van der Waals surface area contributed by atoms with E-state index in [9.17, 15) is 14.4 Å². The second-order valence-corrected chi connectivity index (χ2v) is 12.3. The van der Waals surface area contributed by atoms with Gasteiger partial charge >= 0.3 is 6.09 Å². The van der Waals surface area contributed by atoms with Gasteiger partial charge in [-0.1, -0.05) is 13.8 Å². The average molecular weight is 516 g/mol. The van der Waals surface area contributed by atoms with Crippen LogP contribution in [-0.4, -0.2) is 52.5 Å². The van der Waals surface area contributed by atoms with Crippen LogP contribution in [0.25, 0.3) is 6.20 Å².